The van der Waals surface area contributed by atoms with Crippen LogP contribution < -0.4 is 21.7 Å². The van der Waals surface area contributed by atoms with E-state index in [1.54, 1.807) is 24.3 Å². The van der Waals surface area contributed by atoms with Crippen LogP contribution in [0.2, 0.25) is 0 Å². The maximum atomic E-state index is 13.2. The second-order valence-electron chi connectivity index (χ2n) is 8.51. The monoisotopic (exact) mass is 540 g/mol. The number of nitrogens with one attached hydrogen (secondary N) is 3. The molecule has 0 fully saturated rings. The van der Waals surface area contributed by atoms with Gasteiger partial charge in [0.05, 0.1) is 6.04 Å². The van der Waals surface area contributed by atoms with E-state index in [0.29, 0.717) is 32.5 Å². The third kappa shape index (κ3) is 10.1. The highest BCUT2D eigenvalue weighted by Crippen LogP contribution is 2.24. The highest BCUT2D eigenvalue weighted by molar-refractivity contribution is 5.85. The van der Waals surface area contributed by atoms with Crippen LogP contribution in [0.5, 0.6) is 5.75 Å². The summed E-state index contributed by atoms with van der Waals surface area (Å²) in [5, 5.41) is 31.2. The highest BCUT2D eigenvalue weighted by atomic mass is 35.5. The molecule has 0 bridgehead atoms. The van der Waals surface area contributed by atoms with E-state index in [9.17, 15) is 20.0 Å². The van der Waals surface area contributed by atoms with Crippen molar-refractivity contribution in [2.24, 2.45) is 10.8 Å². The third-order valence-corrected chi connectivity index (χ3v) is 5.86. The molecule has 0 heterocycles. The molecule has 0 aliphatic heterocycles. The second-order valence-corrected chi connectivity index (χ2v) is 8.51. The summed E-state index contributed by atoms with van der Waals surface area (Å²) >= 11 is 0. The molecule has 202 valence electrons. The van der Waals surface area contributed by atoms with E-state index in [2.05, 4.69) is 45.3 Å². The number of benzene rings is 3. The molecule has 3 rings (SSSR count). The summed E-state index contributed by atoms with van der Waals surface area (Å²) in [4.78, 5) is 23.6. The van der Waals surface area contributed by atoms with E-state index in [4.69, 9.17) is 5.73 Å². The van der Waals surface area contributed by atoms with Gasteiger partial charge in [-0.05, 0) is 41.7 Å². The first-order valence-electron chi connectivity index (χ1n) is 12.0. The van der Waals surface area contributed by atoms with E-state index in [1.807, 2.05) is 36.4 Å². The number of nitrogens with two attached hydrogens (primary N) is 1. The fourth-order valence-corrected chi connectivity index (χ4v) is 3.96. The SMILES string of the molecule is Cl.NC(=N[N+](=O)[O-])NCCC[C@@H](NCC(c1ccccc1)c1ccccc1)C(=O)NCc1ccc(O)cc1. The lowest BCUT2D eigenvalue weighted by Gasteiger charge is -2.24. The molecule has 3 aromatic rings. The standard InChI is InChI=1S/C27H32N6O4.ClH/c28-27(32-33(36)37)29-17-7-12-25(26(35)31-18-20-13-15-23(34)16-14-20)30-19-24(21-8-3-1-4-9-21)22-10-5-2-6-11-22;/h1-6,8-11,13-16,24-25,30,34H,7,12,17-19H2,(H,31,35)(H3,28,29,32);1H/t25-;/m1./s1. The molecule has 11 heteroatoms. The Morgan fingerprint density at radius 2 is 1.53 bits per heavy atom. The molecule has 1 amide bonds. The number of aromatic hydroxyl groups is 1. The van der Waals surface area contributed by atoms with Gasteiger partial charge in [0.1, 0.15) is 10.9 Å². The fourth-order valence-electron chi connectivity index (χ4n) is 3.96. The predicted octanol–water partition coefficient (Wildman–Crippen LogP) is 3.10. The van der Waals surface area contributed by atoms with Crippen LogP contribution in [0.1, 0.15) is 35.4 Å². The van der Waals surface area contributed by atoms with E-state index >= 15 is 0 Å². The first-order chi connectivity index (χ1) is 17.9. The molecule has 0 spiro atoms. The van der Waals surface area contributed by atoms with Crippen molar-refractivity contribution in [2.75, 3.05) is 13.1 Å². The number of halogens is 1. The molecule has 3 aromatic carbocycles. The fraction of sp³-hybridized carbons (Fsp3) is 0.259. The molecular weight excluding hydrogens is 508 g/mol. The molecule has 0 aliphatic rings. The summed E-state index contributed by atoms with van der Waals surface area (Å²) in [5.74, 6) is -0.245. The number of hydrazone groups is 1. The molecular formula is C27H33ClN6O4. The molecule has 10 nitrogen and oxygen atoms in total. The summed E-state index contributed by atoms with van der Waals surface area (Å²) in [7, 11) is 0. The second kappa shape index (κ2) is 15.9. The van der Waals surface area contributed by atoms with Crippen LogP contribution in [-0.2, 0) is 11.3 Å². The van der Waals surface area contributed by atoms with E-state index in [-0.39, 0.29) is 35.9 Å². The summed E-state index contributed by atoms with van der Waals surface area (Å²) in [6.07, 6.45) is 0.996. The zero-order valence-electron chi connectivity index (χ0n) is 20.8. The zero-order valence-corrected chi connectivity index (χ0v) is 21.6. The topological polar surface area (TPSA) is 155 Å². The molecule has 0 unspecified atom stereocenters. The number of nitro groups is 1. The smallest absolute Gasteiger partial charge is 0.266 e. The van der Waals surface area contributed by atoms with Crippen molar-refractivity contribution < 1.29 is 14.9 Å². The van der Waals surface area contributed by atoms with Crippen molar-refractivity contribution in [1.29, 1.82) is 0 Å². The van der Waals surface area contributed by atoms with Gasteiger partial charge < -0.3 is 26.8 Å². The number of amides is 1. The molecule has 0 radical (unpaired) electrons. The predicted molar refractivity (Wildman–Crippen MR) is 150 cm³/mol. The largest absolute Gasteiger partial charge is 0.508 e. The number of rotatable bonds is 13. The Hall–Kier alpha value is -4.15. The van der Waals surface area contributed by atoms with Crippen LogP contribution in [0.4, 0.5) is 0 Å². The van der Waals surface area contributed by atoms with E-state index in [1.165, 1.54) is 0 Å². The van der Waals surface area contributed by atoms with Gasteiger partial charge in [0.15, 0.2) is 5.03 Å². The Labute approximate surface area is 227 Å². The van der Waals surface area contributed by atoms with Crippen LogP contribution in [0, 0.1) is 10.1 Å². The van der Waals surface area contributed by atoms with Crippen molar-refractivity contribution in [1.82, 2.24) is 16.0 Å². The zero-order chi connectivity index (χ0) is 26.5. The first-order valence-corrected chi connectivity index (χ1v) is 12.0. The van der Waals surface area contributed by atoms with Crippen LogP contribution in [-0.4, -0.2) is 41.1 Å². The first kappa shape index (κ1) is 30.1. The van der Waals surface area contributed by atoms with Gasteiger partial charge in [-0.1, -0.05) is 72.8 Å². The number of phenolic OH excluding ortho intramolecular Hbond substituents is 1. The number of carbonyl (C=O) groups is 1. The minimum absolute atomic E-state index is 0. The molecule has 6 N–H and O–H groups in total. The third-order valence-electron chi connectivity index (χ3n) is 5.86. The Balaban J connectivity index is 0.00000507. The van der Waals surface area contributed by atoms with Crippen molar-refractivity contribution in [3.8, 4) is 5.75 Å². The highest BCUT2D eigenvalue weighted by Gasteiger charge is 2.21. The van der Waals surface area contributed by atoms with Gasteiger partial charge in [-0.2, -0.15) is 0 Å². The van der Waals surface area contributed by atoms with E-state index in [0.717, 1.165) is 16.7 Å². The Morgan fingerprint density at radius 3 is 2.08 bits per heavy atom. The van der Waals surface area contributed by atoms with Crippen LogP contribution in [0.15, 0.2) is 90.0 Å². The number of guanidine groups is 1. The summed E-state index contributed by atoms with van der Waals surface area (Å²) in [6, 6.07) is 26.3. The minimum atomic E-state index is -0.864. The van der Waals surface area contributed by atoms with Gasteiger partial charge in [0.25, 0.3) is 5.96 Å². The minimum Gasteiger partial charge on any atom is -0.508 e. The van der Waals surface area contributed by atoms with Crippen LogP contribution in [0.3, 0.4) is 0 Å². The van der Waals surface area contributed by atoms with Crippen molar-refractivity contribution in [3.05, 3.63) is 112 Å². The van der Waals surface area contributed by atoms with Crippen molar-refractivity contribution in [2.45, 2.75) is 31.3 Å². The Kier molecular flexibility index (Phi) is 12.5. The average molecular weight is 541 g/mol. The average Bonchev–Trinajstić information content (AvgIpc) is 2.90. The molecule has 0 aliphatic carbocycles. The molecule has 0 saturated heterocycles. The van der Waals surface area contributed by atoms with Gasteiger partial charge in [-0.15, -0.1) is 12.4 Å². The quantitative estimate of drug-likeness (QED) is 0.0733. The molecule has 38 heavy (non-hydrogen) atoms. The van der Waals surface area contributed by atoms with Crippen molar-refractivity contribution >= 4 is 24.3 Å². The van der Waals surface area contributed by atoms with E-state index < -0.39 is 11.1 Å². The Bertz CT molecular complexity index is 1120. The lowest BCUT2D eigenvalue weighted by Crippen LogP contribution is -2.46. The van der Waals surface area contributed by atoms with Gasteiger partial charge in [-0.25, -0.2) is 10.1 Å². The lowest BCUT2D eigenvalue weighted by molar-refractivity contribution is -0.485. The number of carbonyl (C=O) groups excluding carboxylic acids is 1. The number of hydrogen-bond acceptors (Lipinski definition) is 5. The number of phenols is 1. The molecule has 1 atom stereocenters. The normalized spacial score (nSPS) is 11.9. The summed E-state index contributed by atoms with van der Waals surface area (Å²) < 4.78 is 0. The summed E-state index contributed by atoms with van der Waals surface area (Å²) in [5.41, 5.74) is 8.62. The van der Waals surface area contributed by atoms with Crippen LogP contribution >= 0.6 is 12.4 Å². The Morgan fingerprint density at radius 1 is 0.947 bits per heavy atom. The summed E-state index contributed by atoms with van der Waals surface area (Å²) in [6.45, 7) is 1.18. The van der Waals surface area contributed by atoms with Crippen molar-refractivity contribution in [3.63, 3.8) is 0 Å². The molecule has 0 aromatic heterocycles. The lowest BCUT2D eigenvalue weighted by atomic mass is 9.91. The number of hydrogen-bond donors (Lipinski definition) is 5. The van der Waals surface area contributed by atoms with Gasteiger partial charge in [-0.3, -0.25) is 4.79 Å². The molecule has 0 saturated carbocycles. The number of nitrogens with zero attached hydrogens (tertiary/aromatic N) is 2. The van der Waals surface area contributed by atoms with Gasteiger partial charge >= 0.3 is 0 Å². The maximum Gasteiger partial charge on any atom is 0.266 e. The van der Waals surface area contributed by atoms with Gasteiger partial charge in [0.2, 0.25) is 5.91 Å². The maximum absolute atomic E-state index is 13.2. The van der Waals surface area contributed by atoms with Crippen LogP contribution in [0.25, 0.3) is 0 Å². The van der Waals surface area contributed by atoms with Gasteiger partial charge in [0, 0.05) is 25.6 Å².